The molecule has 1 aromatic rings. The number of benzene rings is 1. The summed E-state index contributed by atoms with van der Waals surface area (Å²) in [4.78, 5) is 22.5. The second-order valence-electron chi connectivity index (χ2n) is 5.04. The number of carbonyl (C=O) groups excluding carboxylic acids is 1. The summed E-state index contributed by atoms with van der Waals surface area (Å²) in [7, 11) is 0. The number of nitrogens with one attached hydrogen (secondary N) is 1. The molecule has 1 aliphatic carbocycles. The molecule has 1 aromatic carbocycles. The summed E-state index contributed by atoms with van der Waals surface area (Å²) in [6.45, 7) is 0. The van der Waals surface area contributed by atoms with Crippen molar-refractivity contribution in [2.24, 2.45) is 0 Å². The molecule has 4 heteroatoms. The van der Waals surface area contributed by atoms with Crippen molar-refractivity contribution in [3.05, 3.63) is 47.5 Å². The number of carboxylic acid groups (broad SMARTS) is 1. The van der Waals surface area contributed by atoms with Crippen LogP contribution in [0.3, 0.4) is 0 Å². The van der Waals surface area contributed by atoms with Gasteiger partial charge in [-0.05, 0) is 43.4 Å². The van der Waals surface area contributed by atoms with Crippen molar-refractivity contribution in [1.82, 2.24) is 5.32 Å². The molecule has 1 amide bonds. The van der Waals surface area contributed by atoms with Gasteiger partial charge < -0.3 is 10.4 Å². The van der Waals surface area contributed by atoms with Crippen LogP contribution in [0.4, 0.5) is 0 Å². The zero-order valence-electron chi connectivity index (χ0n) is 11.3. The first kappa shape index (κ1) is 14.3. The Morgan fingerprint density at radius 2 is 2.00 bits per heavy atom. The Bertz CT molecular complexity index is 505. The standard InChI is InChI=1S/C16H19NO3/c18-15(17-14-4-2-1-3-5-14)11-8-12-6-9-13(10-7-12)16(19)20/h2,4,6-7,9-10,14H,1,3,5,8,11H2,(H,17,18)(H,19,20)/t14-/m0/s1. The summed E-state index contributed by atoms with van der Waals surface area (Å²) < 4.78 is 0. The minimum absolute atomic E-state index is 0.0452. The normalized spacial score (nSPS) is 17.7. The van der Waals surface area contributed by atoms with Crippen molar-refractivity contribution < 1.29 is 14.7 Å². The fraction of sp³-hybridized carbons (Fsp3) is 0.375. The predicted molar refractivity (Wildman–Crippen MR) is 76.6 cm³/mol. The average Bonchev–Trinajstić information content (AvgIpc) is 2.46. The maximum absolute atomic E-state index is 11.8. The summed E-state index contributed by atoms with van der Waals surface area (Å²) >= 11 is 0. The van der Waals surface area contributed by atoms with Crippen LogP contribution in [-0.2, 0) is 11.2 Å². The molecule has 0 aliphatic heterocycles. The van der Waals surface area contributed by atoms with Crippen molar-refractivity contribution in [1.29, 1.82) is 0 Å². The molecule has 0 unspecified atom stereocenters. The van der Waals surface area contributed by atoms with Gasteiger partial charge in [0.25, 0.3) is 0 Å². The van der Waals surface area contributed by atoms with Gasteiger partial charge in [0, 0.05) is 12.5 Å². The Labute approximate surface area is 118 Å². The predicted octanol–water partition coefficient (Wildman–Crippen LogP) is 2.54. The summed E-state index contributed by atoms with van der Waals surface area (Å²) in [5, 5.41) is 11.8. The molecule has 0 spiro atoms. The lowest BCUT2D eigenvalue weighted by Gasteiger charge is -2.17. The van der Waals surface area contributed by atoms with Gasteiger partial charge in [0.15, 0.2) is 0 Å². The first-order valence-corrected chi connectivity index (χ1v) is 6.93. The third-order valence-electron chi connectivity index (χ3n) is 3.44. The number of hydrogen-bond donors (Lipinski definition) is 2. The maximum Gasteiger partial charge on any atom is 0.335 e. The minimum Gasteiger partial charge on any atom is -0.478 e. The molecule has 1 atom stereocenters. The number of rotatable bonds is 5. The molecule has 2 N–H and O–H groups in total. The van der Waals surface area contributed by atoms with Gasteiger partial charge in [-0.3, -0.25) is 4.79 Å². The fourth-order valence-corrected chi connectivity index (χ4v) is 2.28. The molecule has 4 nitrogen and oxygen atoms in total. The van der Waals surface area contributed by atoms with Crippen molar-refractivity contribution in [2.45, 2.75) is 38.1 Å². The number of carbonyl (C=O) groups is 2. The summed E-state index contributed by atoms with van der Waals surface area (Å²) in [5.74, 6) is -0.887. The first-order chi connectivity index (χ1) is 9.65. The van der Waals surface area contributed by atoms with Gasteiger partial charge in [-0.25, -0.2) is 4.79 Å². The number of amides is 1. The maximum atomic E-state index is 11.8. The zero-order chi connectivity index (χ0) is 14.4. The van der Waals surface area contributed by atoms with E-state index in [4.69, 9.17) is 5.11 Å². The molecule has 0 heterocycles. The smallest absolute Gasteiger partial charge is 0.335 e. The van der Waals surface area contributed by atoms with E-state index < -0.39 is 5.97 Å². The fourth-order valence-electron chi connectivity index (χ4n) is 2.28. The van der Waals surface area contributed by atoms with Crippen LogP contribution in [0.25, 0.3) is 0 Å². The number of carboxylic acids is 1. The van der Waals surface area contributed by atoms with E-state index in [1.807, 2.05) is 0 Å². The van der Waals surface area contributed by atoms with Gasteiger partial charge in [-0.2, -0.15) is 0 Å². The molecule has 1 aliphatic rings. The van der Waals surface area contributed by atoms with Gasteiger partial charge in [-0.15, -0.1) is 0 Å². The van der Waals surface area contributed by atoms with Crippen LogP contribution in [0, 0.1) is 0 Å². The van der Waals surface area contributed by atoms with Crippen LogP contribution in [0.2, 0.25) is 0 Å². The third-order valence-corrected chi connectivity index (χ3v) is 3.44. The van der Waals surface area contributed by atoms with E-state index in [0.717, 1.165) is 24.8 Å². The van der Waals surface area contributed by atoms with E-state index in [1.165, 1.54) is 0 Å². The zero-order valence-corrected chi connectivity index (χ0v) is 11.3. The highest BCUT2D eigenvalue weighted by molar-refractivity contribution is 5.87. The van der Waals surface area contributed by atoms with E-state index in [1.54, 1.807) is 24.3 Å². The topological polar surface area (TPSA) is 66.4 Å². The molecule has 0 saturated heterocycles. The lowest BCUT2D eigenvalue weighted by molar-refractivity contribution is -0.121. The van der Waals surface area contributed by atoms with Crippen LogP contribution in [0.1, 0.15) is 41.6 Å². The van der Waals surface area contributed by atoms with E-state index >= 15 is 0 Å². The van der Waals surface area contributed by atoms with E-state index in [2.05, 4.69) is 17.5 Å². The van der Waals surface area contributed by atoms with Gasteiger partial charge >= 0.3 is 5.97 Å². The van der Waals surface area contributed by atoms with E-state index in [9.17, 15) is 9.59 Å². The summed E-state index contributed by atoms with van der Waals surface area (Å²) in [6, 6.07) is 6.83. The van der Waals surface area contributed by atoms with E-state index in [-0.39, 0.29) is 17.5 Å². The van der Waals surface area contributed by atoms with Crippen molar-refractivity contribution in [2.75, 3.05) is 0 Å². The molecule has 0 aromatic heterocycles. The summed E-state index contributed by atoms with van der Waals surface area (Å²) in [6.07, 6.45) is 8.46. The third kappa shape index (κ3) is 4.23. The lowest BCUT2D eigenvalue weighted by atomic mass is 10.0. The van der Waals surface area contributed by atoms with Crippen LogP contribution in [0.15, 0.2) is 36.4 Å². The highest BCUT2D eigenvalue weighted by Gasteiger charge is 2.11. The Hall–Kier alpha value is -2.10. The Morgan fingerprint density at radius 1 is 1.25 bits per heavy atom. The Kier molecular flexibility index (Phi) is 4.93. The molecular weight excluding hydrogens is 254 g/mol. The Balaban J connectivity index is 1.79. The highest BCUT2D eigenvalue weighted by Crippen LogP contribution is 2.11. The van der Waals surface area contributed by atoms with Gasteiger partial charge in [0.05, 0.1) is 5.56 Å². The van der Waals surface area contributed by atoms with Gasteiger partial charge in [-0.1, -0.05) is 24.3 Å². The van der Waals surface area contributed by atoms with Crippen LogP contribution in [-0.4, -0.2) is 23.0 Å². The average molecular weight is 273 g/mol. The lowest BCUT2D eigenvalue weighted by Crippen LogP contribution is -2.34. The largest absolute Gasteiger partial charge is 0.478 e. The monoisotopic (exact) mass is 273 g/mol. The summed E-state index contributed by atoms with van der Waals surface area (Å²) in [5.41, 5.74) is 1.25. The minimum atomic E-state index is -0.932. The molecular formula is C16H19NO3. The molecule has 106 valence electrons. The second-order valence-corrected chi connectivity index (χ2v) is 5.04. The molecule has 0 fully saturated rings. The SMILES string of the molecule is O=C(CCc1ccc(C(=O)O)cc1)N[C@H]1C=CCCC1. The number of hydrogen-bond acceptors (Lipinski definition) is 2. The number of aromatic carboxylic acids is 1. The first-order valence-electron chi connectivity index (χ1n) is 6.93. The highest BCUT2D eigenvalue weighted by atomic mass is 16.4. The molecule has 0 bridgehead atoms. The molecule has 0 saturated carbocycles. The number of aryl methyl sites for hydroxylation is 1. The van der Waals surface area contributed by atoms with Crippen molar-refractivity contribution in [3.63, 3.8) is 0 Å². The van der Waals surface area contributed by atoms with Crippen molar-refractivity contribution in [3.8, 4) is 0 Å². The molecule has 20 heavy (non-hydrogen) atoms. The second kappa shape index (κ2) is 6.89. The molecule has 2 rings (SSSR count). The van der Waals surface area contributed by atoms with Crippen molar-refractivity contribution >= 4 is 11.9 Å². The quantitative estimate of drug-likeness (QED) is 0.810. The van der Waals surface area contributed by atoms with Crippen LogP contribution < -0.4 is 5.32 Å². The van der Waals surface area contributed by atoms with Gasteiger partial charge in [0.1, 0.15) is 0 Å². The van der Waals surface area contributed by atoms with Gasteiger partial charge in [0.2, 0.25) is 5.91 Å². The molecule has 0 radical (unpaired) electrons. The van der Waals surface area contributed by atoms with E-state index in [0.29, 0.717) is 12.8 Å². The number of allylic oxidation sites excluding steroid dienone is 1. The Morgan fingerprint density at radius 3 is 2.60 bits per heavy atom. The van der Waals surface area contributed by atoms with Crippen LogP contribution >= 0.6 is 0 Å². The van der Waals surface area contributed by atoms with Crippen LogP contribution in [0.5, 0.6) is 0 Å².